The normalized spacial score (nSPS) is 31.4. The minimum absolute atomic E-state index is 0.419. The number of alkyl halides is 1. The summed E-state index contributed by atoms with van der Waals surface area (Å²) in [4.78, 5) is 10.6. The molecule has 0 unspecified atom stereocenters. The molecular formula is C12H13FN6O3. The minimum atomic E-state index is -2.06. The van der Waals surface area contributed by atoms with Crippen LogP contribution in [0.25, 0.3) is 21.5 Å². The van der Waals surface area contributed by atoms with Crippen molar-refractivity contribution in [3.8, 4) is 0 Å². The second-order valence-electron chi connectivity index (χ2n) is 5.01. The lowest BCUT2D eigenvalue weighted by molar-refractivity contribution is -0.122. The van der Waals surface area contributed by atoms with Crippen molar-refractivity contribution in [2.75, 3.05) is 6.61 Å². The van der Waals surface area contributed by atoms with Crippen molar-refractivity contribution in [3.05, 3.63) is 34.7 Å². The van der Waals surface area contributed by atoms with Crippen molar-refractivity contribution in [2.45, 2.75) is 31.2 Å². The smallest absolute Gasteiger partial charge is 0.201 e. The van der Waals surface area contributed by atoms with E-state index in [1.165, 1.54) is 10.9 Å². The number of halogens is 1. The molecule has 0 bridgehead atoms. The molecule has 1 fully saturated rings. The SMILES string of the molecule is Cc1ncnc2c1ccn2[C@@H]1O[C@@](CO)(N=[N+]=[N-])[C@@H](O)[C@@H]1F. The number of aromatic nitrogens is 3. The van der Waals surface area contributed by atoms with Crippen molar-refractivity contribution >= 4 is 11.0 Å². The largest absolute Gasteiger partial charge is 0.393 e. The highest BCUT2D eigenvalue weighted by molar-refractivity contribution is 5.78. The van der Waals surface area contributed by atoms with Crippen LogP contribution in [-0.4, -0.2) is 49.4 Å². The van der Waals surface area contributed by atoms with Crippen molar-refractivity contribution < 1.29 is 19.3 Å². The number of aliphatic hydroxyl groups is 2. The number of aryl methyl sites for hydroxylation is 1. The molecule has 116 valence electrons. The highest BCUT2D eigenvalue weighted by Gasteiger charge is 2.56. The van der Waals surface area contributed by atoms with Crippen LogP contribution in [0.4, 0.5) is 4.39 Å². The van der Waals surface area contributed by atoms with E-state index in [2.05, 4.69) is 20.0 Å². The number of hydrogen-bond acceptors (Lipinski definition) is 6. The molecule has 4 atom stereocenters. The molecule has 10 heteroatoms. The zero-order valence-corrected chi connectivity index (χ0v) is 11.5. The van der Waals surface area contributed by atoms with Gasteiger partial charge in [0.1, 0.15) is 18.1 Å². The highest BCUT2D eigenvalue weighted by atomic mass is 19.1. The van der Waals surface area contributed by atoms with Gasteiger partial charge in [0, 0.05) is 16.5 Å². The van der Waals surface area contributed by atoms with Crippen LogP contribution in [0.15, 0.2) is 23.7 Å². The number of ether oxygens (including phenoxy) is 1. The van der Waals surface area contributed by atoms with E-state index in [9.17, 15) is 14.6 Å². The molecular weight excluding hydrogens is 295 g/mol. The fourth-order valence-electron chi connectivity index (χ4n) is 2.58. The number of fused-ring (bicyclic) bond motifs is 1. The molecule has 1 aliphatic heterocycles. The lowest BCUT2D eigenvalue weighted by Crippen LogP contribution is -2.43. The predicted molar refractivity (Wildman–Crippen MR) is 72.3 cm³/mol. The van der Waals surface area contributed by atoms with Gasteiger partial charge in [0.2, 0.25) is 5.72 Å². The Kier molecular flexibility index (Phi) is 3.45. The van der Waals surface area contributed by atoms with Crippen LogP contribution in [0.1, 0.15) is 11.9 Å². The van der Waals surface area contributed by atoms with Gasteiger partial charge in [-0.1, -0.05) is 5.11 Å². The van der Waals surface area contributed by atoms with E-state index in [1.54, 1.807) is 19.2 Å². The quantitative estimate of drug-likeness (QED) is 0.495. The average Bonchev–Trinajstić information content (AvgIpc) is 3.04. The third-order valence-corrected chi connectivity index (χ3v) is 3.78. The van der Waals surface area contributed by atoms with Gasteiger partial charge in [-0.15, -0.1) is 0 Å². The maximum absolute atomic E-state index is 14.4. The van der Waals surface area contributed by atoms with Gasteiger partial charge in [0.25, 0.3) is 0 Å². The standard InChI is InChI=1S/C12H13FN6O3/c1-6-7-2-3-19(10(7)16-5-15-6)11-8(13)9(21)12(4-20,22-11)17-18-14/h2-3,5,8-9,11,20-21H,4H2,1H3/t8-,9-,11+,12+/m0/s1. The first-order valence-corrected chi connectivity index (χ1v) is 6.49. The number of rotatable bonds is 3. The zero-order valence-electron chi connectivity index (χ0n) is 11.5. The minimum Gasteiger partial charge on any atom is -0.393 e. The number of azide groups is 1. The van der Waals surface area contributed by atoms with Crippen LogP contribution in [-0.2, 0) is 4.74 Å². The van der Waals surface area contributed by atoms with Gasteiger partial charge in [-0.2, -0.15) is 0 Å². The Labute approximate surface area is 123 Å². The highest BCUT2D eigenvalue weighted by Crippen LogP contribution is 2.41. The zero-order chi connectivity index (χ0) is 15.9. The molecule has 0 aromatic carbocycles. The van der Waals surface area contributed by atoms with E-state index in [0.717, 1.165) is 0 Å². The topological polar surface area (TPSA) is 129 Å². The summed E-state index contributed by atoms with van der Waals surface area (Å²) in [6, 6.07) is 1.69. The van der Waals surface area contributed by atoms with Crippen molar-refractivity contribution in [1.29, 1.82) is 0 Å². The molecule has 0 saturated carbocycles. The molecule has 2 aromatic heterocycles. The molecule has 1 aliphatic rings. The Morgan fingerprint density at radius 3 is 3.05 bits per heavy atom. The van der Waals surface area contributed by atoms with E-state index in [4.69, 9.17) is 10.3 Å². The van der Waals surface area contributed by atoms with Crippen molar-refractivity contribution in [3.63, 3.8) is 0 Å². The van der Waals surface area contributed by atoms with Gasteiger partial charge in [0.15, 0.2) is 12.4 Å². The summed E-state index contributed by atoms with van der Waals surface area (Å²) in [7, 11) is 0. The van der Waals surface area contributed by atoms with Gasteiger partial charge < -0.3 is 19.5 Å². The van der Waals surface area contributed by atoms with Gasteiger partial charge in [0.05, 0.1) is 12.3 Å². The number of aliphatic hydroxyl groups excluding tert-OH is 2. The lowest BCUT2D eigenvalue weighted by atomic mass is 10.1. The van der Waals surface area contributed by atoms with Crippen LogP contribution >= 0.6 is 0 Å². The van der Waals surface area contributed by atoms with E-state index < -0.39 is 30.8 Å². The molecule has 0 spiro atoms. The first-order valence-electron chi connectivity index (χ1n) is 6.49. The first kappa shape index (κ1) is 14.7. The Morgan fingerprint density at radius 1 is 1.59 bits per heavy atom. The molecule has 22 heavy (non-hydrogen) atoms. The monoisotopic (exact) mass is 308 g/mol. The lowest BCUT2D eigenvalue weighted by Gasteiger charge is -2.23. The van der Waals surface area contributed by atoms with Crippen LogP contribution in [0.5, 0.6) is 0 Å². The molecule has 1 saturated heterocycles. The Morgan fingerprint density at radius 2 is 2.36 bits per heavy atom. The summed E-state index contributed by atoms with van der Waals surface area (Å²) in [5.74, 6) is 0. The van der Waals surface area contributed by atoms with Crippen molar-refractivity contribution in [2.24, 2.45) is 5.11 Å². The average molecular weight is 308 g/mol. The van der Waals surface area contributed by atoms with Crippen LogP contribution in [0.2, 0.25) is 0 Å². The predicted octanol–water partition coefficient (Wildman–Crippen LogP) is 0.966. The molecule has 0 aliphatic carbocycles. The van der Waals surface area contributed by atoms with E-state index >= 15 is 0 Å². The summed E-state index contributed by atoms with van der Waals surface area (Å²) < 4.78 is 21.2. The maximum atomic E-state index is 14.4. The fourth-order valence-corrected chi connectivity index (χ4v) is 2.58. The van der Waals surface area contributed by atoms with E-state index in [-0.39, 0.29) is 0 Å². The van der Waals surface area contributed by atoms with E-state index in [1.807, 2.05) is 0 Å². The third-order valence-electron chi connectivity index (χ3n) is 3.78. The summed E-state index contributed by atoms with van der Waals surface area (Å²) in [5, 5.41) is 23.3. The molecule has 2 aromatic rings. The summed E-state index contributed by atoms with van der Waals surface area (Å²) in [6.45, 7) is 0.936. The van der Waals surface area contributed by atoms with Crippen LogP contribution < -0.4 is 0 Å². The third kappa shape index (κ3) is 1.93. The van der Waals surface area contributed by atoms with Crippen LogP contribution in [0, 0.1) is 6.92 Å². The molecule has 2 N–H and O–H groups in total. The van der Waals surface area contributed by atoms with Gasteiger partial charge >= 0.3 is 0 Å². The maximum Gasteiger partial charge on any atom is 0.201 e. The van der Waals surface area contributed by atoms with Gasteiger partial charge in [-0.05, 0) is 18.5 Å². The van der Waals surface area contributed by atoms with E-state index in [0.29, 0.717) is 16.7 Å². The molecule has 0 radical (unpaired) electrons. The molecule has 9 nitrogen and oxygen atoms in total. The van der Waals surface area contributed by atoms with Gasteiger partial charge in [-0.3, -0.25) is 0 Å². The Balaban J connectivity index is 2.08. The molecule has 0 amide bonds. The number of nitrogens with zero attached hydrogens (tertiary/aromatic N) is 6. The second kappa shape index (κ2) is 5.18. The molecule has 3 heterocycles. The summed E-state index contributed by atoms with van der Waals surface area (Å²) >= 11 is 0. The van der Waals surface area contributed by atoms with Gasteiger partial charge in [-0.25, -0.2) is 14.4 Å². The van der Waals surface area contributed by atoms with Crippen LogP contribution in [0.3, 0.4) is 0 Å². The molecule has 3 rings (SSSR count). The summed E-state index contributed by atoms with van der Waals surface area (Å²) in [6.07, 6.45) is -2.10. The second-order valence-corrected chi connectivity index (χ2v) is 5.01. The summed E-state index contributed by atoms with van der Waals surface area (Å²) in [5.41, 5.74) is 7.63. The number of hydrogen-bond donors (Lipinski definition) is 2. The fraction of sp³-hybridized carbons (Fsp3) is 0.500. The Hall–Kier alpha value is -2.26. The first-order chi connectivity index (χ1) is 10.5. The van der Waals surface area contributed by atoms with Crippen molar-refractivity contribution in [1.82, 2.24) is 14.5 Å². The Bertz CT molecular complexity index is 760.